The van der Waals surface area contributed by atoms with Gasteiger partial charge in [-0.2, -0.15) is 0 Å². The second kappa shape index (κ2) is 5.51. The summed E-state index contributed by atoms with van der Waals surface area (Å²) >= 11 is 0. The standard InChI is InChI=1S/C7H12O2/c1-7(3-5-8)4-6-9-2/h3,5H,4,6H2,1-2H3. The highest BCUT2D eigenvalue weighted by atomic mass is 16.5. The van der Waals surface area contributed by atoms with Crippen LogP contribution in [-0.2, 0) is 9.53 Å². The molecule has 0 radical (unpaired) electrons. The Morgan fingerprint density at radius 3 is 2.78 bits per heavy atom. The Morgan fingerprint density at radius 2 is 2.33 bits per heavy atom. The first-order valence-corrected chi connectivity index (χ1v) is 2.91. The van der Waals surface area contributed by atoms with Crippen LogP contribution in [0.2, 0.25) is 0 Å². The molecule has 0 heterocycles. The molecule has 0 saturated heterocycles. The largest absolute Gasteiger partial charge is 0.384 e. The fraction of sp³-hybridized carbons (Fsp3) is 0.571. The molecule has 0 aromatic carbocycles. The zero-order chi connectivity index (χ0) is 7.11. The van der Waals surface area contributed by atoms with Crippen LogP contribution in [0.4, 0.5) is 0 Å². The van der Waals surface area contributed by atoms with Crippen molar-refractivity contribution >= 4 is 6.29 Å². The summed E-state index contributed by atoms with van der Waals surface area (Å²) in [6.07, 6.45) is 3.19. The summed E-state index contributed by atoms with van der Waals surface area (Å²) in [5.74, 6) is 0. The molecule has 2 nitrogen and oxygen atoms in total. The minimum atomic E-state index is 0.691. The van der Waals surface area contributed by atoms with E-state index in [-0.39, 0.29) is 0 Å². The Bertz CT molecular complexity index is 105. The SMILES string of the molecule is COCCC(C)=CC=O. The van der Waals surface area contributed by atoms with Gasteiger partial charge in [-0.25, -0.2) is 0 Å². The van der Waals surface area contributed by atoms with E-state index >= 15 is 0 Å². The van der Waals surface area contributed by atoms with E-state index in [1.54, 1.807) is 13.2 Å². The molecule has 0 aliphatic carbocycles. The van der Waals surface area contributed by atoms with Crippen LogP contribution in [0.15, 0.2) is 11.6 Å². The molecule has 0 rings (SSSR count). The first kappa shape index (κ1) is 8.37. The third-order valence-electron chi connectivity index (χ3n) is 1.05. The summed E-state index contributed by atoms with van der Waals surface area (Å²) in [5.41, 5.74) is 1.06. The second-order valence-corrected chi connectivity index (χ2v) is 1.89. The minimum Gasteiger partial charge on any atom is -0.384 e. The highest BCUT2D eigenvalue weighted by Crippen LogP contribution is 1.96. The van der Waals surface area contributed by atoms with Crippen LogP contribution in [-0.4, -0.2) is 20.0 Å². The normalized spacial score (nSPS) is 11.6. The molecule has 0 unspecified atom stereocenters. The highest BCUT2D eigenvalue weighted by molar-refractivity contribution is 5.65. The lowest BCUT2D eigenvalue weighted by Gasteiger charge is -1.95. The van der Waals surface area contributed by atoms with Crippen molar-refractivity contribution in [2.45, 2.75) is 13.3 Å². The van der Waals surface area contributed by atoms with Crippen molar-refractivity contribution in [2.75, 3.05) is 13.7 Å². The van der Waals surface area contributed by atoms with E-state index in [9.17, 15) is 4.79 Å². The first-order chi connectivity index (χ1) is 4.31. The lowest BCUT2D eigenvalue weighted by atomic mass is 10.2. The fourth-order valence-corrected chi connectivity index (χ4v) is 0.463. The Labute approximate surface area is 55.5 Å². The van der Waals surface area contributed by atoms with E-state index < -0.39 is 0 Å². The monoisotopic (exact) mass is 128 g/mol. The summed E-state index contributed by atoms with van der Waals surface area (Å²) in [6.45, 7) is 2.60. The molecule has 0 amide bonds. The summed E-state index contributed by atoms with van der Waals surface area (Å²) in [4.78, 5) is 9.86. The number of allylic oxidation sites excluding steroid dienone is 1. The van der Waals surface area contributed by atoms with Gasteiger partial charge in [0.15, 0.2) is 0 Å². The van der Waals surface area contributed by atoms with Gasteiger partial charge in [-0.1, -0.05) is 5.57 Å². The lowest BCUT2D eigenvalue weighted by molar-refractivity contribution is -0.104. The first-order valence-electron chi connectivity index (χ1n) is 2.91. The van der Waals surface area contributed by atoms with E-state index in [0.717, 1.165) is 18.3 Å². The average Bonchev–Trinajstić information content (AvgIpc) is 1.85. The molecule has 0 spiro atoms. The van der Waals surface area contributed by atoms with Gasteiger partial charge in [-0.05, 0) is 19.4 Å². The molecule has 9 heavy (non-hydrogen) atoms. The van der Waals surface area contributed by atoms with Crippen LogP contribution in [0.1, 0.15) is 13.3 Å². The Kier molecular flexibility index (Phi) is 5.12. The van der Waals surface area contributed by atoms with Crippen LogP contribution in [0.3, 0.4) is 0 Å². The molecular weight excluding hydrogens is 116 g/mol. The maximum atomic E-state index is 9.86. The van der Waals surface area contributed by atoms with Crippen LogP contribution in [0.25, 0.3) is 0 Å². The van der Waals surface area contributed by atoms with Gasteiger partial charge in [-0.15, -0.1) is 0 Å². The van der Waals surface area contributed by atoms with E-state index in [0.29, 0.717) is 6.61 Å². The second-order valence-electron chi connectivity index (χ2n) is 1.89. The zero-order valence-corrected chi connectivity index (χ0v) is 5.89. The van der Waals surface area contributed by atoms with Crippen molar-refractivity contribution in [3.63, 3.8) is 0 Å². The predicted octanol–water partition coefficient (Wildman–Crippen LogP) is 1.17. The topological polar surface area (TPSA) is 26.3 Å². The summed E-state index contributed by atoms with van der Waals surface area (Å²) < 4.78 is 4.80. The highest BCUT2D eigenvalue weighted by Gasteiger charge is 1.85. The van der Waals surface area contributed by atoms with E-state index in [2.05, 4.69) is 0 Å². The third-order valence-corrected chi connectivity index (χ3v) is 1.05. The molecule has 0 N–H and O–H groups in total. The summed E-state index contributed by atoms with van der Waals surface area (Å²) in [6, 6.07) is 0. The maximum Gasteiger partial charge on any atom is 0.142 e. The maximum absolute atomic E-state index is 9.86. The zero-order valence-electron chi connectivity index (χ0n) is 5.89. The van der Waals surface area contributed by atoms with Crippen LogP contribution >= 0.6 is 0 Å². The number of methoxy groups -OCH3 is 1. The molecule has 0 atom stereocenters. The van der Waals surface area contributed by atoms with Gasteiger partial charge < -0.3 is 4.74 Å². The molecule has 0 aromatic rings. The Morgan fingerprint density at radius 1 is 1.67 bits per heavy atom. The summed E-state index contributed by atoms with van der Waals surface area (Å²) in [5, 5.41) is 0. The molecule has 0 aliphatic heterocycles. The van der Waals surface area contributed by atoms with Gasteiger partial charge in [0.25, 0.3) is 0 Å². The van der Waals surface area contributed by atoms with Crippen molar-refractivity contribution in [1.82, 2.24) is 0 Å². The Hall–Kier alpha value is -0.630. The number of rotatable bonds is 4. The van der Waals surface area contributed by atoms with Gasteiger partial charge in [0, 0.05) is 13.7 Å². The minimum absolute atomic E-state index is 0.691. The van der Waals surface area contributed by atoms with Crippen LogP contribution in [0, 0.1) is 0 Å². The predicted molar refractivity (Wildman–Crippen MR) is 36.3 cm³/mol. The number of aldehydes is 1. The number of carbonyl (C=O) groups excluding carboxylic acids is 1. The lowest BCUT2D eigenvalue weighted by Crippen LogP contribution is -1.88. The van der Waals surface area contributed by atoms with Crippen LogP contribution < -0.4 is 0 Å². The Balaban J connectivity index is 3.36. The van der Waals surface area contributed by atoms with Crippen molar-refractivity contribution < 1.29 is 9.53 Å². The van der Waals surface area contributed by atoms with Crippen molar-refractivity contribution in [3.05, 3.63) is 11.6 Å². The van der Waals surface area contributed by atoms with E-state index in [1.165, 1.54) is 0 Å². The van der Waals surface area contributed by atoms with E-state index in [1.807, 2.05) is 6.92 Å². The molecule has 0 fully saturated rings. The smallest absolute Gasteiger partial charge is 0.142 e. The van der Waals surface area contributed by atoms with E-state index in [4.69, 9.17) is 4.74 Å². The van der Waals surface area contributed by atoms with Crippen molar-refractivity contribution in [2.24, 2.45) is 0 Å². The number of hydrogen-bond acceptors (Lipinski definition) is 2. The van der Waals surface area contributed by atoms with Gasteiger partial charge in [-0.3, -0.25) is 4.79 Å². The average molecular weight is 128 g/mol. The van der Waals surface area contributed by atoms with Gasteiger partial charge in [0.2, 0.25) is 0 Å². The molecular formula is C7H12O2. The molecule has 2 heteroatoms. The molecule has 0 bridgehead atoms. The molecule has 52 valence electrons. The number of hydrogen-bond donors (Lipinski definition) is 0. The fourth-order valence-electron chi connectivity index (χ4n) is 0.463. The van der Waals surface area contributed by atoms with Gasteiger partial charge >= 0.3 is 0 Å². The van der Waals surface area contributed by atoms with Gasteiger partial charge in [0.05, 0.1) is 0 Å². The van der Waals surface area contributed by atoms with Gasteiger partial charge in [0.1, 0.15) is 6.29 Å². The summed E-state index contributed by atoms with van der Waals surface area (Å²) in [7, 11) is 1.65. The van der Waals surface area contributed by atoms with Crippen LogP contribution in [0.5, 0.6) is 0 Å². The number of carbonyl (C=O) groups is 1. The van der Waals surface area contributed by atoms with Crippen molar-refractivity contribution in [1.29, 1.82) is 0 Å². The van der Waals surface area contributed by atoms with Crippen molar-refractivity contribution in [3.8, 4) is 0 Å². The molecule has 0 saturated carbocycles. The molecule has 0 aliphatic rings. The molecule has 0 aromatic heterocycles. The number of ether oxygens (including phenoxy) is 1. The quantitative estimate of drug-likeness (QED) is 0.419. The third kappa shape index (κ3) is 5.24.